The van der Waals surface area contributed by atoms with Gasteiger partial charge in [-0.3, -0.25) is 9.59 Å². The van der Waals surface area contributed by atoms with Gasteiger partial charge in [0.25, 0.3) is 5.91 Å². The van der Waals surface area contributed by atoms with Gasteiger partial charge in [0.05, 0.1) is 6.61 Å². The highest BCUT2D eigenvalue weighted by molar-refractivity contribution is 5.89. The van der Waals surface area contributed by atoms with Gasteiger partial charge in [0.1, 0.15) is 12.1 Å². The number of nitrogens with zero attached hydrogens (tertiary/aromatic N) is 2. The quantitative estimate of drug-likeness (QED) is 0.761. The molecule has 0 aromatic heterocycles. The van der Waals surface area contributed by atoms with Crippen LogP contribution in [0.25, 0.3) is 0 Å². The van der Waals surface area contributed by atoms with Crippen molar-refractivity contribution in [2.24, 2.45) is 5.92 Å². The molecule has 3 aliphatic heterocycles. The van der Waals surface area contributed by atoms with E-state index in [1.54, 1.807) is 4.90 Å². The molecule has 0 saturated carbocycles. The molecule has 0 N–H and O–H groups in total. The monoisotopic (exact) mass is 338 g/mol. The fourth-order valence-corrected chi connectivity index (χ4v) is 4.03. The molecule has 0 aromatic rings. The number of hydrogen-bond acceptors (Lipinski definition) is 4. The highest BCUT2D eigenvalue weighted by atomic mass is 16.5. The molecule has 3 aliphatic rings. The Bertz CT molecular complexity index is 444. The zero-order chi connectivity index (χ0) is 16.9. The first-order chi connectivity index (χ1) is 11.7. The lowest BCUT2D eigenvalue weighted by atomic mass is 9.98. The molecule has 2 amide bonds. The normalized spacial score (nSPS) is 30.5. The Morgan fingerprint density at radius 1 is 1.12 bits per heavy atom. The Kier molecular flexibility index (Phi) is 6.11. The molecule has 0 unspecified atom stereocenters. The number of likely N-dealkylation sites (N-methyl/N-ethyl adjacent to an activating group) is 1. The first-order valence-corrected chi connectivity index (χ1v) is 9.49. The summed E-state index contributed by atoms with van der Waals surface area (Å²) in [4.78, 5) is 29.6. The molecule has 3 fully saturated rings. The van der Waals surface area contributed by atoms with Gasteiger partial charge in [-0.2, -0.15) is 0 Å². The molecule has 6 nitrogen and oxygen atoms in total. The highest BCUT2D eigenvalue weighted by Gasteiger charge is 2.38. The van der Waals surface area contributed by atoms with E-state index in [1.807, 2.05) is 11.8 Å². The predicted molar refractivity (Wildman–Crippen MR) is 89.5 cm³/mol. The number of hydrogen-bond donors (Lipinski definition) is 0. The molecule has 0 bridgehead atoms. The lowest BCUT2D eigenvalue weighted by molar-refractivity contribution is -0.153. The summed E-state index contributed by atoms with van der Waals surface area (Å²) in [5.41, 5.74) is 0. The Labute approximate surface area is 144 Å². The van der Waals surface area contributed by atoms with Crippen molar-refractivity contribution in [3.05, 3.63) is 0 Å². The number of ether oxygens (including phenoxy) is 2. The maximum absolute atomic E-state index is 13.1. The maximum atomic E-state index is 13.1. The Morgan fingerprint density at radius 2 is 2.00 bits per heavy atom. The third kappa shape index (κ3) is 3.91. The zero-order valence-electron chi connectivity index (χ0n) is 14.7. The van der Waals surface area contributed by atoms with Crippen LogP contribution in [0.3, 0.4) is 0 Å². The molecule has 0 aromatic carbocycles. The molecular formula is C18H30N2O4. The number of likely N-dealkylation sites (tertiary alicyclic amines) is 1. The van der Waals surface area contributed by atoms with Crippen LogP contribution in [0.15, 0.2) is 0 Å². The molecule has 3 saturated heterocycles. The van der Waals surface area contributed by atoms with E-state index in [0.29, 0.717) is 25.6 Å². The van der Waals surface area contributed by atoms with Gasteiger partial charge in [-0.25, -0.2) is 0 Å². The second kappa shape index (κ2) is 8.30. The van der Waals surface area contributed by atoms with Crippen molar-refractivity contribution in [1.82, 2.24) is 9.80 Å². The van der Waals surface area contributed by atoms with E-state index in [-0.39, 0.29) is 24.0 Å². The SMILES string of the molecule is CCN(C[C@@H]1CCOC1)C(=O)[C@H]1CCCCN1C(=O)[C@@H]1CCCO1. The van der Waals surface area contributed by atoms with Gasteiger partial charge in [0.15, 0.2) is 0 Å². The smallest absolute Gasteiger partial charge is 0.252 e. The fraction of sp³-hybridized carbons (Fsp3) is 0.889. The number of piperidine rings is 1. The largest absolute Gasteiger partial charge is 0.381 e. The topological polar surface area (TPSA) is 59.1 Å². The van der Waals surface area contributed by atoms with Gasteiger partial charge in [-0.1, -0.05) is 0 Å². The summed E-state index contributed by atoms with van der Waals surface area (Å²) < 4.78 is 11.0. The van der Waals surface area contributed by atoms with Crippen molar-refractivity contribution in [2.45, 2.75) is 57.6 Å². The van der Waals surface area contributed by atoms with Crippen LogP contribution >= 0.6 is 0 Å². The van der Waals surface area contributed by atoms with E-state index >= 15 is 0 Å². The van der Waals surface area contributed by atoms with Gasteiger partial charge in [0, 0.05) is 38.8 Å². The van der Waals surface area contributed by atoms with E-state index in [9.17, 15) is 9.59 Å². The number of carbonyl (C=O) groups excluding carboxylic acids is 2. The van der Waals surface area contributed by atoms with Crippen LogP contribution < -0.4 is 0 Å². The average Bonchev–Trinajstić information content (AvgIpc) is 3.32. The van der Waals surface area contributed by atoms with E-state index in [1.165, 1.54) is 0 Å². The predicted octanol–water partition coefficient (Wildman–Crippen LogP) is 1.43. The van der Waals surface area contributed by atoms with Crippen molar-refractivity contribution in [3.8, 4) is 0 Å². The summed E-state index contributed by atoms with van der Waals surface area (Å²) >= 11 is 0. The second-order valence-electron chi connectivity index (χ2n) is 7.15. The average molecular weight is 338 g/mol. The Balaban J connectivity index is 1.65. The second-order valence-corrected chi connectivity index (χ2v) is 7.15. The van der Waals surface area contributed by atoms with Crippen molar-refractivity contribution in [2.75, 3.05) is 39.5 Å². The van der Waals surface area contributed by atoms with Crippen LogP contribution in [-0.2, 0) is 19.1 Å². The Morgan fingerprint density at radius 3 is 2.67 bits per heavy atom. The molecule has 0 aliphatic carbocycles. The lowest BCUT2D eigenvalue weighted by Gasteiger charge is -2.39. The zero-order valence-corrected chi connectivity index (χ0v) is 14.7. The number of rotatable bonds is 5. The number of carbonyl (C=O) groups is 2. The minimum atomic E-state index is -0.336. The van der Waals surface area contributed by atoms with Crippen molar-refractivity contribution in [3.63, 3.8) is 0 Å². The third-order valence-electron chi connectivity index (χ3n) is 5.47. The minimum absolute atomic E-state index is 0.0193. The lowest BCUT2D eigenvalue weighted by Crippen LogP contribution is -2.55. The summed E-state index contributed by atoms with van der Waals surface area (Å²) in [6.45, 7) is 6.33. The molecule has 6 heteroatoms. The molecule has 0 radical (unpaired) electrons. The van der Waals surface area contributed by atoms with E-state index in [4.69, 9.17) is 9.47 Å². The van der Waals surface area contributed by atoms with Crippen LogP contribution in [0.2, 0.25) is 0 Å². The van der Waals surface area contributed by atoms with Crippen molar-refractivity contribution < 1.29 is 19.1 Å². The molecule has 3 rings (SSSR count). The van der Waals surface area contributed by atoms with Crippen molar-refractivity contribution in [1.29, 1.82) is 0 Å². The fourth-order valence-electron chi connectivity index (χ4n) is 4.03. The third-order valence-corrected chi connectivity index (χ3v) is 5.47. The van der Waals surface area contributed by atoms with Gasteiger partial charge in [-0.15, -0.1) is 0 Å². The minimum Gasteiger partial charge on any atom is -0.381 e. The van der Waals surface area contributed by atoms with Crippen LogP contribution in [0.4, 0.5) is 0 Å². The highest BCUT2D eigenvalue weighted by Crippen LogP contribution is 2.24. The van der Waals surface area contributed by atoms with Crippen LogP contribution in [-0.4, -0.2) is 73.2 Å². The summed E-state index contributed by atoms with van der Waals surface area (Å²) in [5, 5.41) is 0. The Hall–Kier alpha value is -1.14. The van der Waals surface area contributed by atoms with Crippen LogP contribution in [0, 0.1) is 5.92 Å². The molecule has 3 heterocycles. The standard InChI is InChI=1S/C18H30N2O4/c1-2-19(12-14-8-11-23-13-14)17(21)15-6-3-4-9-20(15)18(22)16-7-5-10-24-16/h14-16H,2-13H2,1H3/t14-,15+,16-/m0/s1. The van der Waals surface area contributed by atoms with Crippen LogP contribution in [0.1, 0.15) is 45.4 Å². The van der Waals surface area contributed by atoms with E-state index in [0.717, 1.165) is 58.3 Å². The summed E-state index contributed by atoms with van der Waals surface area (Å²) in [6.07, 6.45) is 5.16. The molecule has 136 valence electrons. The molecular weight excluding hydrogens is 308 g/mol. The first-order valence-electron chi connectivity index (χ1n) is 9.49. The summed E-state index contributed by atoms with van der Waals surface area (Å²) in [6, 6.07) is -0.308. The van der Waals surface area contributed by atoms with E-state index < -0.39 is 0 Å². The summed E-state index contributed by atoms with van der Waals surface area (Å²) in [7, 11) is 0. The van der Waals surface area contributed by atoms with Gasteiger partial charge >= 0.3 is 0 Å². The molecule has 3 atom stereocenters. The van der Waals surface area contributed by atoms with E-state index in [2.05, 4.69) is 0 Å². The summed E-state index contributed by atoms with van der Waals surface area (Å²) in [5.74, 6) is 0.557. The van der Waals surface area contributed by atoms with Gasteiger partial charge in [0.2, 0.25) is 5.91 Å². The maximum Gasteiger partial charge on any atom is 0.252 e. The first kappa shape index (κ1) is 17.7. The number of amides is 2. The van der Waals surface area contributed by atoms with Gasteiger partial charge < -0.3 is 19.3 Å². The molecule has 0 spiro atoms. The van der Waals surface area contributed by atoms with Gasteiger partial charge in [-0.05, 0) is 45.4 Å². The van der Waals surface area contributed by atoms with Crippen LogP contribution in [0.5, 0.6) is 0 Å². The van der Waals surface area contributed by atoms with Crippen molar-refractivity contribution >= 4 is 11.8 Å². The molecule has 24 heavy (non-hydrogen) atoms.